The third-order valence-corrected chi connectivity index (χ3v) is 4.07. The van der Waals surface area contributed by atoms with E-state index < -0.39 is 5.60 Å². The number of ether oxygens (including phenoxy) is 1. The first-order valence-corrected chi connectivity index (χ1v) is 7.08. The summed E-state index contributed by atoms with van der Waals surface area (Å²) in [6.07, 6.45) is 1.17. The van der Waals surface area contributed by atoms with Crippen molar-refractivity contribution in [1.82, 2.24) is 10.2 Å². The Morgan fingerprint density at radius 2 is 2.00 bits per heavy atom. The van der Waals surface area contributed by atoms with Crippen molar-refractivity contribution in [3.63, 3.8) is 0 Å². The van der Waals surface area contributed by atoms with Crippen molar-refractivity contribution < 1.29 is 9.84 Å². The quantitative estimate of drug-likeness (QED) is 0.831. The fourth-order valence-electron chi connectivity index (χ4n) is 2.59. The maximum atomic E-state index is 9.98. The highest BCUT2D eigenvalue weighted by Gasteiger charge is 2.38. The van der Waals surface area contributed by atoms with E-state index in [1.807, 2.05) is 19.1 Å². The Hall–Kier alpha value is -1.10. The van der Waals surface area contributed by atoms with Gasteiger partial charge >= 0.3 is 0 Å². The van der Waals surface area contributed by atoms with Crippen molar-refractivity contribution in [3.8, 4) is 5.75 Å². The molecular formula is C15H22N2O2. The first-order valence-electron chi connectivity index (χ1n) is 7.08. The second kappa shape index (κ2) is 5.12. The second-order valence-corrected chi connectivity index (χ2v) is 5.77. The van der Waals surface area contributed by atoms with Crippen LogP contribution in [0.1, 0.15) is 18.9 Å². The third kappa shape index (κ3) is 2.91. The smallest absolute Gasteiger partial charge is 0.123 e. The lowest BCUT2D eigenvalue weighted by molar-refractivity contribution is -0.103. The van der Waals surface area contributed by atoms with E-state index in [0.717, 1.165) is 44.9 Å². The van der Waals surface area contributed by atoms with Crippen LogP contribution in [0, 0.1) is 0 Å². The molecule has 2 aliphatic heterocycles. The molecule has 2 saturated heterocycles. The first kappa shape index (κ1) is 12.9. The number of nitrogens with one attached hydrogen (secondary N) is 1. The Kier molecular flexibility index (Phi) is 3.48. The molecule has 2 fully saturated rings. The molecule has 0 atom stereocenters. The molecule has 4 heteroatoms. The molecule has 0 amide bonds. The van der Waals surface area contributed by atoms with E-state index >= 15 is 0 Å². The Bertz CT molecular complexity index is 422. The van der Waals surface area contributed by atoms with Crippen LogP contribution >= 0.6 is 0 Å². The average molecular weight is 262 g/mol. The van der Waals surface area contributed by atoms with Gasteiger partial charge in [-0.05, 0) is 24.1 Å². The average Bonchev–Trinajstić information content (AvgIpc) is 2.33. The number of rotatable bonds is 5. The minimum atomic E-state index is -0.444. The van der Waals surface area contributed by atoms with Gasteiger partial charge in [-0.25, -0.2) is 0 Å². The predicted molar refractivity (Wildman–Crippen MR) is 74.2 cm³/mol. The summed E-state index contributed by atoms with van der Waals surface area (Å²) in [5.74, 6) is 0.948. The van der Waals surface area contributed by atoms with Crippen molar-refractivity contribution >= 4 is 0 Å². The van der Waals surface area contributed by atoms with Gasteiger partial charge in [0.15, 0.2) is 0 Å². The van der Waals surface area contributed by atoms with Gasteiger partial charge in [0.1, 0.15) is 11.9 Å². The summed E-state index contributed by atoms with van der Waals surface area (Å²) in [6.45, 7) is 6.42. The predicted octanol–water partition coefficient (Wildman–Crippen LogP) is 0.994. The Balaban J connectivity index is 1.49. The van der Waals surface area contributed by atoms with E-state index in [9.17, 15) is 5.11 Å². The van der Waals surface area contributed by atoms with Crippen LogP contribution in [0.5, 0.6) is 5.75 Å². The maximum absolute atomic E-state index is 9.98. The van der Waals surface area contributed by atoms with Gasteiger partial charge < -0.3 is 15.2 Å². The molecule has 1 aromatic carbocycles. The topological polar surface area (TPSA) is 44.7 Å². The van der Waals surface area contributed by atoms with Crippen LogP contribution in [0.25, 0.3) is 0 Å². The van der Waals surface area contributed by atoms with Crippen molar-refractivity contribution in [2.75, 3.05) is 26.2 Å². The van der Waals surface area contributed by atoms with Crippen LogP contribution in [0.3, 0.4) is 0 Å². The highest BCUT2D eigenvalue weighted by molar-refractivity contribution is 5.28. The first-order chi connectivity index (χ1) is 9.17. The standard InChI is InChI=1S/C15H22N2O2/c1-2-15(18)10-17(11-15)9-12-3-5-13(6-4-12)19-14-7-16-8-14/h3-6,14,16,18H,2,7-11H2,1H3. The van der Waals surface area contributed by atoms with Crippen LogP contribution in [0.4, 0.5) is 0 Å². The molecule has 2 aliphatic rings. The highest BCUT2D eigenvalue weighted by Crippen LogP contribution is 2.26. The largest absolute Gasteiger partial charge is 0.488 e. The highest BCUT2D eigenvalue weighted by atomic mass is 16.5. The summed E-state index contributed by atoms with van der Waals surface area (Å²) in [5, 5.41) is 13.2. The fourth-order valence-corrected chi connectivity index (χ4v) is 2.59. The van der Waals surface area contributed by atoms with Crippen molar-refractivity contribution in [2.45, 2.75) is 31.6 Å². The number of hydrogen-bond acceptors (Lipinski definition) is 4. The molecule has 3 rings (SSSR count). The van der Waals surface area contributed by atoms with E-state index in [-0.39, 0.29) is 0 Å². The number of β-amino-alcohol motifs (C(OH)–C–C–N with tert-alkyl or cyclic N) is 1. The maximum Gasteiger partial charge on any atom is 0.123 e. The molecule has 0 aromatic heterocycles. The monoisotopic (exact) mass is 262 g/mol. The van der Waals surface area contributed by atoms with Crippen LogP contribution in [-0.2, 0) is 6.54 Å². The van der Waals surface area contributed by atoms with E-state index in [2.05, 4.69) is 22.3 Å². The van der Waals surface area contributed by atoms with Gasteiger partial charge in [-0.3, -0.25) is 4.90 Å². The van der Waals surface area contributed by atoms with Crippen LogP contribution < -0.4 is 10.1 Å². The van der Waals surface area contributed by atoms with Gasteiger partial charge in [0.05, 0.1) is 5.60 Å². The zero-order chi connectivity index (χ0) is 13.3. The molecule has 19 heavy (non-hydrogen) atoms. The summed E-state index contributed by atoms with van der Waals surface area (Å²) in [7, 11) is 0. The molecule has 0 radical (unpaired) electrons. The van der Waals surface area contributed by atoms with Gasteiger partial charge in [-0.1, -0.05) is 19.1 Å². The number of aliphatic hydroxyl groups is 1. The van der Waals surface area contributed by atoms with Gasteiger partial charge in [-0.15, -0.1) is 0 Å². The van der Waals surface area contributed by atoms with Crippen molar-refractivity contribution in [2.24, 2.45) is 0 Å². The van der Waals surface area contributed by atoms with E-state index in [0.29, 0.717) is 6.10 Å². The lowest BCUT2D eigenvalue weighted by Gasteiger charge is -2.46. The van der Waals surface area contributed by atoms with Crippen molar-refractivity contribution in [3.05, 3.63) is 29.8 Å². The minimum Gasteiger partial charge on any atom is -0.488 e. The van der Waals surface area contributed by atoms with Gasteiger partial charge in [0, 0.05) is 32.7 Å². The molecule has 0 bridgehead atoms. The molecule has 1 aromatic rings. The molecule has 0 unspecified atom stereocenters. The normalized spacial score (nSPS) is 22.6. The minimum absolute atomic E-state index is 0.334. The molecular weight excluding hydrogens is 240 g/mol. The number of hydrogen-bond donors (Lipinski definition) is 2. The molecule has 0 aliphatic carbocycles. The summed E-state index contributed by atoms with van der Waals surface area (Å²) >= 11 is 0. The number of benzene rings is 1. The molecule has 4 nitrogen and oxygen atoms in total. The van der Waals surface area contributed by atoms with E-state index in [1.165, 1.54) is 5.56 Å². The molecule has 0 spiro atoms. The van der Waals surface area contributed by atoms with Gasteiger partial charge in [0.25, 0.3) is 0 Å². The second-order valence-electron chi connectivity index (χ2n) is 5.77. The Labute approximate surface area is 114 Å². The number of nitrogens with zero attached hydrogens (tertiary/aromatic N) is 1. The van der Waals surface area contributed by atoms with Gasteiger partial charge in [-0.2, -0.15) is 0 Å². The van der Waals surface area contributed by atoms with Gasteiger partial charge in [0.2, 0.25) is 0 Å². The van der Waals surface area contributed by atoms with E-state index in [4.69, 9.17) is 4.74 Å². The van der Waals surface area contributed by atoms with Crippen LogP contribution in [0.2, 0.25) is 0 Å². The van der Waals surface area contributed by atoms with Crippen LogP contribution in [0.15, 0.2) is 24.3 Å². The molecule has 0 saturated carbocycles. The lowest BCUT2D eigenvalue weighted by Crippen LogP contribution is -2.60. The van der Waals surface area contributed by atoms with Crippen molar-refractivity contribution in [1.29, 1.82) is 0 Å². The summed E-state index contributed by atoms with van der Waals surface area (Å²) in [5.41, 5.74) is 0.831. The Morgan fingerprint density at radius 1 is 1.32 bits per heavy atom. The lowest BCUT2D eigenvalue weighted by atomic mass is 9.91. The van der Waals surface area contributed by atoms with Crippen LogP contribution in [-0.4, -0.2) is 47.9 Å². The SMILES string of the molecule is CCC1(O)CN(Cc2ccc(OC3CNC3)cc2)C1. The third-order valence-electron chi connectivity index (χ3n) is 4.07. The molecule has 104 valence electrons. The van der Waals surface area contributed by atoms with E-state index in [1.54, 1.807) is 0 Å². The molecule has 2 heterocycles. The Morgan fingerprint density at radius 3 is 2.53 bits per heavy atom. The summed E-state index contributed by atoms with van der Waals surface area (Å²) in [4.78, 5) is 2.27. The zero-order valence-corrected chi connectivity index (χ0v) is 11.4. The summed E-state index contributed by atoms with van der Waals surface area (Å²) in [6, 6.07) is 8.31. The number of likely N-dealkylation sites (tertiary alicyclic amines) is 1. The molecule has 2 N–H and O–H groups in total. The fraction of sp³-hybridized carbons (Fsp3) is 0.600. The zero-order valence-electron chi connectivity index (χ0n) is 11.4. The summed E-state index contributed by atoms with van der Waals surface area (Å²) < 4.78 is 5.78.